The number of carbonyl (C=O) groups is 2. The predicted molar refractivity (Wildman–Crippen MR) is 118 cm³/mol. The van der Waals surface area contributed by atoms with E-state index in [1.165, 1.54) is 21.9 Å². The lowest BCUT2D eigenvalue weighted by Gasteiger charge is -2.29. The van der Waals surface area contributed by atoms with E-state index in [9.17, 15) is 14.0 Å². The molecule has 1 fully saturated rings. The summed E-state index contributed by atoms with van der Waals surface area (Å²) in [6, 6.07) is 16.0. The van der Waals surface area contributed by atoms with Crippen molar-refractivity contribution in [2.24, 2.45) is 0 Å². The Morgan fingerprint density at radius 2 is 1.48 bits per heavy atom. The van der Waals surface area contributed by atoms with Gasteiger partial charge < -0.3 is 20.4 Å². The van der Waals surface area contributed by atoms with E-state index in [0.29, 0.717) is 18.8 Å². The minimum atomic E-state index is -0.323. The van der Waals surface area contributed by atoms with Gasteiger partial charge in [-0.05, 0) is 36.2 Å². The highest BCUT2D eigenvalue weighted by molar-refractivity contribution is 5.91. The van der Waals surface area contributed by atoms with Crippen LogP contribution >= 0.6 is 0 Å². The molecule has 1 aliphatic heterocycles. The van der Waals surface area contributed by atoms with Crippen molar-refractivity contribution in [3.63, 3.8) is 0 Å². The molecule has 1 atom stereocenters. The molecule has 1 saturated heterocycles. The van der Waals surface area contributed by atoms with Gasteiger partial charge in [0.05, 0.1) is 6.04 Å². The molecular weight excluding hydrogens is 395 g/mol. The minimum Gasteiger partial charge on any atom is -0.344 e. The van der Waals surface area contributed by atoms with Crippen LogP contribution in [0.3, 0.4) is 0 Å². The highest BCUT2D eigenvalue weighted by Gasteiger charge is 2.27. The van der Waals surface area contributed by atoms with E-state index in [2.05, 4.69) is 29.7 Å². The molecule has 1 heterocycles. The molecule has 0 spiro atoms. The van der Waals surface area contributed by atoms with Gasteiger partial charge in [-0.2, -0.15) is 0 Å². The summed E-state index contributed by atoms with van der Waals surface area (Å²) in [6.45, 7) is 6.37. The summed E-state index contributed by atoms with van der Waals surface area (Å²) in [7, 11) is 0. The average molecular weight is 429 g/mol. The summed E-state index contributed by atoms with van der Waals surface area (Å²) in [5.74, 6) is -0.320. The molecule has 0 aromatic heterocycles. The molecule has 2 aromatic carbocycles. The zero-order valence-corrected chi connectivity index (χ0v) is 18.1. The van der Waals surface area contributed by atoms with Crippen LogP contribution in [-0.2, 0) is 9.59 Å². The SMILES string of the molecule is CCC[C@@H](NC(=O)C[NH+]1CC[NH+](CC(=O)Nc2ccc(F)cc2)CC1)c1ccccc1. The van der Waals surface area contributed by atoms with Crippen LogP contribution in [0.4, 0.5) is 10.1 Å². The fraction of sp³-hybridized carbons (Fsp3) is 0.417. The number of amides is 2. The molecule has 0 aliphatic carbocycles. The predicted octanol–water partition coefficient (Wildman–Crippen LogP) is 0.205. The van der Waals surface area contributed by atoms with Crippen LogP contribution in [-0.4, -0.2) is 51.1 Å². The van der Waals surface area contributed by atoms with Crippen molar-refractivity contribution in [3.8, 4) is 0 Å². The van der Waals surface area contributed by atoms with E-state index in [1.54, 1.807) is 12.1 Å². The van der Waals surface area contributed by atoms with Crippen molar-refractivity contribution in [1.82, 2.24) is 5.32 Å². The zero-order chi connectivity index (χ0) is 22.1. The third kappa shape index (κ3) is 7.45. The molecule has 2 aromatic rings. The monoisotopic (exact) mass is 428 g/mol. The number of hydrogen-bond donors (Lipinski definition) is 4. The first-order valence-electron chi connectivity index (χ1n) is 11.1. The highest BCUT2D eigenvalue weighted by Crippen LogP contribution is 2.17. The Labute approximate surface area is 183 Å². The van der Waals surface area contributed by atoms with Crippen LogP contribution in [0.1, 0.15) is 31.4 Å². The highest BCUT2D eigenvalue weighted by atomic mass is 19.1. The summed E-state index contributed by atoms with van der Waals surface area (Å²) in [5.41, 5.74) is 1.75. The van der Waals surface area contributed by atoms with Gasteiger partial charge in [0.2, 0.25) is 0 Å². The zero-order valence-electron chi connectivity index (χ0n) is 18.1. The van der Waals surface area contributed by atoms with E-state index in [4.69, 9.17) is 0 Å². The Kier molecular flexibility index (Phi) is 8.55. The molecule has 0 bridgehead atoms. The van der Waals surface area contributed by atoms with Crippen molar-refractivity contribution in [3.05, 3.63) is 66.0 Å². The van der Waals surface area contributed by atoms with Gasteiger partial charge in [0.1, 0.15) is 32.0 Å². The van der Waals surface area contributed by atoms with Gasteiger partial charge in [0, 0.05) is 5.69 Å². The number of hydrogen-bond acceptors (Lipinski definition) is 2. The summed E-state index contributed by atoms with van der Waals surface area (Å²) in [4.78, 5) is 27.3. The number of piperazine rings is 1. The van der Waals surface area contributed by atoms with Crippen molar-refractivity contribution in [2.75, 3.05) is 44.6 Å². The average Bonchev–Trinajstić information content (AvgIpc) is 2.77. The van der Waals surface area contributed by atoms with Crippen LogP contribution in [0.2, 0.25) is 0 Å². The van der Waals surface area contributed by atoms with E-state index in [1.807, 2.05) is 18.2 Å². The number of carbonyl (C=O) groups excluding carboxylic acids is 2. The standard InChI is InChI=1S/C24H31FN4O2/c1-2-6-22(19-7-4-3-5-8-19)27-24(31)18-29-15-13-28(14-16-29)17-23(30)26-21-11-9-20(25)10-12-21/h3-5,7-12,22H,2,6,13-18H2,1H3,(H,26,30)(H,27,31)/p+2/t22-/m1/s1. The van der Waals surface area contributed by atoms with Crippen molar-refractivity contribution < 1.29 is 23.8 Å². The van der Waals surface area contributed by atoms with Crippen LogP contribution in [0.15, 0.2) is 54.6 Å². The Morgan fingerprint density at radius 1 is 0.903 bits per heavy atom. The molecule has 7 heteroatoms. The molecule has 3 rings (SSSR count). The van der Waals surface area contributed by atoms with Crippen molar-refractivity contribution in [1.29, 1.82) is 0 Å². The Balaban J connectivity index is 1.40. The van der Waals surface area contributed by atoms with Gasteiger partial charge in [0.15, 0.2) is 13.1 Å². The fourth-order valence-electron chi connectivity index (χ4n) is 4.04. The smallest absolute Gasteiger partial charge is 0.279 e. The van der Waals surface area contributed by atoms with Gasteiger partial charge in [-0.25, -0.2) is 4.39 Å². The number of anilines is 1. The molecule has 0 saturated carbocycles. The third-order valence-corrected chi connectivity index (χ3v) is 5.73. The van der Waals surface area contributed by atoms with E-state index in [0.717, 1.165) is 44.6 Å². The lowest BCUT2D eigenvalue weighted by molar-refractivity contribution is -1.00. The summed E-state index contributed by atoms with van der Waals surface area (Å²) in [6.07, 6.45) is 1.93. The second-order valence-corrected chi connectivity index (χ2v) is 8.23. The van der Waals surface area contributed by atoms with Gasteiger partial charge in [-0.1, -0.05) is 43.7 Å². The molecule has 4 N–H and O–H groups in total. The Morgan fingerprint density at radius 3 is 2.06 bits per heavy atom. The molecule has 0 radical (unpaired) electrons. The Hall–Kier alpha value is -2.77. The first-order chi connectivity index (χ1) is 15.0. The van der Waals surface area contributed by atoms with Gasteiger partial charge >= 0.3 is 0 Å². The quantitative estimate of drug-likeness (QED) is 0.461. The van der Waals surface area contributed by atoms with Gasteiger partial charge in [-0.15, -0.1) is 0 Å². The molecule has 6 nitrogen and oxygen atoms in total. The first kappa shape index (κ1) is 22.9. The summed E-state index contributed by atoms with van der Waals surface area (Å²) >= 11 is 0. The fourth-order valence-corrected chi connectivity index (χ4v) is 4.04. The lowest BCUT2D eigenvalue weighted by Crippen LogP contribution is -3.28. The van der Waals surface area contributed by atoms with E-state index >= 15 is 0 Å². The van der Waals surface area contributed by atoms with Crippen LogP contribution < -0.4 is 20.4 Å². The van der Waals surface area contributed by atoms with E-state index in [-0.39, 0.29) is 23.7 Å². The van der Waals surface area contributed by atoms with Gasteiger partial charge in [-0.3, -0.25) is 9.59 Å². The number of benzene rings is 2. The molecule has 2 amide bonds. The number of nitrogens with one attached hydrogen (secondary N) is 4. The molecule has 1 aliphatic rings. The minimum absolute atomic E-state index is 0.0557. The largest absolute Gasteiger partial charge is 0.344 e. The second kappa shape index (κ2) is 11.6. The maximum Gasteiger partial charge on any atom is 0.279 e. The number of quaternary nitrogens is 2. The summed E-state index contributed by atoms with van der Waals surface area (Å²) in [5, 5.41) is 6.01. The van der Waals surface area contributed by atoms with Crippen LogP contribution in [0.5, 0.6) is 0 Å². The topological polar surface area (TPSA) is 67.1 Å². The van der Waals surface area contributed by atoms with Crippen LogP contribution in [0.25, 0.3) is 0 Å². The normalized spacial score (nSPS) is 19.4. The molecule has 31 heavy (non-hydrogen) atoms. The number of rotatable bonds is 9. The second-order valence-electron chi connectivity index (χ2n) is 8.23. The number of halogens is 1. The third-order valence-electron chi connectivity index (χ3n) is 5.73. The van der Waals surface area contributed by atoms with Crippen molar-refractivity contribution in [2.45, 2.75) is 25.8 Å². The molecule has 0 unspecified atom stereocenters. The van der Waals surface area contributed by atoms with Crippen LogP contribution in [0, 0.1) is 5.82 Å². The summed E-state index contributed by atoms with van der Waals surface area (Å²) < 4.78 is 13.0. The molecule has 166 valence electrons. The maximum atomic E-state index is 13.0. The maximum absolute atomic E-state index is 13.0. The van der Waals surface area contributed by atoms with E-state index < -0.39 is 0 Å². The molecular formula is C24H33FN4O2+2. The van der Waals surface area contributed by atoms with Gasteiger partial charge in [0.25, 0.3) is 11.8 Å². The van der Waals surface area contributed by atoms with Crippen molar-refractivity contribution >= 4 is 17.5 Å². The first-order valence-corrected chi connectivity index (χ1v) is 11.1. The Bertz CT molecular complexity index is 836. The lowest BCUT2D eigenvalue weighted by atomic mass is 10.0.